The number of nitrogens with zero attached hydrogens (tertiary/aromatic N) is 3. The lowest BCUT2D eigenvalue weighted by Crippen LogP contribution is -2.22. The van der Waals surface area contributed by atoms with Crippen molar-refractivity contribution in [2.45, 2.75) is 26.3 Å². The summed E-state index contributed by atoms with van der Waals surface area (Å²) in [4.78, 5) is 10.6. The van der Waals surface area contributed by atoms with E-state index in [4.69, 9.17) is 17.3 Å². The predicted octanol–water partition coefficient (Wildman–Crippen LogP) is 3.56. The zero-order valence-electron chi connectivity index (χ0n) is 13.0. The zero-order valence-corrected chi connectivity index (χ0v) is 13.8. The minimum Gasteiger partial charge on any atom is -0.393 e. The predicted molar refractivity (Wildman–Crippen MR) is 93.4 cm³/mol. The summed E-state index contributed by atoms with van der Waals surface area (Å²) in [6, 6.07) is 7.70. The first-order chi connectivity index (χ1) is 10.6. The van der Waals surface area contributed by atoms with Crippen LogP contribution >= 0.6 is 11.6 Å². The molecule has 5 nitrogen and oxygen atoms in total. The third-order valence-electron chi connectivity index (χ3n) is 3.48. The summed E-state index contributed by atoms with van der Waals surface area (Å²) in [7, 11) is 1.99. The van der Waals surface area contributed by atoms with E-state index in [-0.39, 0.29) is 0 Å². The average molecular weight is 320 g/mol. The number of benzene rings is 1. The fourth-order valence-electron chi connectivity index (χ4n) is 2.15. The molecule has 0 aliphatic heterocycles. The minimum atomic E-state index is 0.563. The Morgan fingerprint density at radius 2 is 2.05 bits per heavy atom. The molecule has 0 saturated carbocycles. The summed E-state index contributed by atoms with van der Waals surface area (Å²) >= 11 is 6.16. The van der Waals surface area contributed by atoms with Crippen molar-refractivity contribution in [3.63, 3.8) is 0 Å². The van der Waals surface area contributed by atoms with Gasteiger partial charge < -0.3 is 16.0 Å². The lowest BCUT2D eigenvalue weighted by atomic mass is 10.2. The number of unbranched alkanes of at least 4 members (excludes halogenated alkanes) is 1. The Kier molecular flexibility index (Phi) is 5.83. The maximum absolute atomic E-state index is 6.20. The molecule has 118 valence electrons. The standard InChI is InChI=1S/C16H22ClN5/c1-3-4-9-22(2)16-14(18)15(20-11-21-16)19-10-12-7-5-6-8-13(12)17/h5-8,11H,3-4,9-10,18H2,1-2H3,(H,19,20,21). The second-order valence-corrected chi connectivity index (χ2v) is 5.59. The highest BCUT2D eigenvalue weighted by atomic mass is 35.5. The van der Waals surface area contributed by atoms with E-state index in [0.29, 0.717) is 18.1 Å². The van der Waals surface area contributed by atoms with E-state index in [0.717, 1.165) is 35.8 Å². The fraction of sp³-hybridized carbons (Fsp3) is 0.375. The van der Waals surface area contributed by atoms with Gasteiger partial charge in [0.05, 0.1) is 0 Å². The minimum absolute atomic E-state index is 0.563. The molecule has 1 aromatic carbocycles. The van der Waals surface area contributed by atoms with Gasteiger partial charge in [-0.15, -0.1) is 0 Å². The van der Waals surface area contributed by atoms with E-state index in [2.05, 4.69) is 27.1 Å². The average Bonchev–Trinajstić information content (AvgIpc) is 2.53. The Balaban J connectivity index is 2.10. The summed E-state index contributed by atoms with van der Waals surface area (Å²) in [5, 5.41) is 3.96. The van der Waals surface area contributed by atoms with Crippen molar-refractivity contribution >= 4 is 28.9 Å². The number of nitrogens with one attached hydrogen (secondary N) is 1. The van der Waals surface area contributed by atoms with Crippen LogP contribution in [0.2, 0.25) is 5.02 Å². The highest BCUT2D eigenvalue weighted by Crippen LogP contribution is 2.26. The van der Waals surface area contributed by atoms with Gasteiger partial charge in [-0.1, -0.05) is 43.1 Å². The van der Waals surface area contributed by atoms with Gasteiger partial charge in [0.15, 0.2) is 11.6 Å². The van der Waals surface area contributed by atoms with Crippen molar-refractivity contribution in [2.75, 3.05) is 29.5 Å². The summed E-state index contributed by atoms with van der Waals surface area (Å²) in [6.45, 7) is 3.65. The number of aromatic nitrogens is 2. The van der Waals surface area contributed by atoms with Gasteiger partial charge in [-0.3, -0.25) is 0 Å². The van der Waals surface area contributed by atoms with Crippen LogP contribution in [0.1, 0.15) is 25.3 Å². The normalized spacial score (nSPS) is 10.5. The van der Waals surface area contributed by atoms with E-state index in [1.807, 2.05) is 31.3 Å². The molecule has 1 aromatic heterocycles. The van der Waals surface area contributed by atoms with Crippen LogP contribution in [-0.2, 0) is 6.54 Å². The highest BCUT2D eigenvalue weighted by molar-refractivity contribution is 6.31. The first-order valence-electron chi connectivity index (χ1n) is 7.42. The van der Waals surface area contributed by atoms with Crippen LogP contribution in [0.3, 0.4) is 0 Å². The Hall–Kier alpha value is -2.01. The second-order valence-electron chi connectivity index (χ2n) is 5.18. The third-order valence-corrected chi connectivity index (χ3v) is 3.84. The SMILES string of the molecule is CCCCN(C)c1ncnc(NCc2ccccc2Cl)c1N. The molecular weight excluding hydrogens is 298 g/mol. The van der Waals surface area contributed by atoms with E-state index in [1.165, 1.54) is 6.33 Å². The lowest BCUT2D eigenvalue weighted by Gasteiger charge is -2.20. The molecule has 0 spiro atoms. The molecule has 0 aliphatic rings. The summed E-state index contributed by atoms with van der Waals surface area (Å²) < 4.78 is 0. The third kappa shape index (κ3) is 4.01. The molecule has 1 heterocycles. The van der Waals surface area contributed by atoms with Gasteiger partial charge in [0, 0.05) is 25.2 Å². The Labute approximate surface area is 136 Å². The lowest BCUT2D eigenvalue weighted by molar-refractivity contribution is 0.759. The van der Waals surface area contributed by atoms with Crippen molar-refractivity contribution in [1.82, 2.24) is 9.97 Å². The maximum Gasteiger partial charge on any atom is 0.157 e. The molecule has 0 unspecified atom stereocenters. The molecule has 0 amide bonds. The topological polar surface area (TPSA) is 67.1 Å². The Bertz CT molecular complexity index is 617. The largest absolute Gasteiger partial charge is 0.393 e. The number of hydrogen-bond donors (Lipinski definition) is 2. The molecule has 2 rings (SSSR count). The fourth-order valence-corrected chi connectivity index (χ4v) is 2.36. The van der Waals surface area contributed by atoms with Crippen LogP contribution in [0.5, 0.6) is 0 Å². The Morgan fingerprint density at radius 3 is 2.77 bits per heavy atom. The Morgan fingerprint density at radius 1 is 1.27 bits per heavy atom. The summed E-state index contributed by atoms with van der Waals surface area (Å²) in [5.74, 6) is 1.39. The monoisotopic (exact) mass is 319 g/mol. The quantitative estimate of drug-likeness (QED) is 0.816. The van der Waals surface area contributed by atoms with Gasteiger partial charge in [-0.2, -0.15) is 0 Å². The molecular formula is C16H22ClN5. The van der Waals surface area contributed by atoms with Crippen molar-refractivity contribution in [3.05, 3.63) is 41.2 Å². The van der Waals surface area contributed by atoms with Gasteiger partial charge in [-0.25, -0.2) is 9.97 Å². The molecule has 0 atom stereocenters. The number of nitrogen functional groups attached to an aromatic ring is 1. The number of nitrogens with two attached hydrogens (primary N) is 1. The van der Waals surface area contributed by atoms with E-state index < -0.39 is 0 Å². The van der Waals surface area contributed by atoms with Crippen molar-refractivity contribution < 1.29 is 0 Å². The van der Waals surface area contributed by atoms with Crippen molar-refractivity contribution in [1.29, 1.82) is 0 Å². The van der Waals surface area contributed by atoms with E-state index >= 15 is 0 Å². The first-order valence-corrected chi connectivity index (χ1v) is 7.80. The van der Waals surface area contributed by atoms with Gasteiger partial charge in [-0.05, 0) is 18.1 Å². The number of rotatable bonds is 7. The van der Waals surface area contributed by atoms with Crippen LogP contribution in [0.4, 0.5) is 17.3 Å². The second kappa shape index (κ2) is 7.84. The van der Waals surface area contributed by atoms with Crippen LogP contribution in [0.25, 0.3) is 0 Å². The molecule has 3 N–H and O–H groups in total. The molecule has 0 aliphatic carbocycles. The number of hydrogen-bond acceptors (Lipinski definition) is 5. The summed E-state index contributed by atoms with van der Waals surface area (Å²) in [6.07, 6.45) is 3.76. The molecule has 0 radical (unpaired) electrons. The van der Waals surface area contributed by atoms with Gasteiger partial charge >= 0.3 is 0 Å². The van der Waals surface area contributed by atoms with Crippen LogP contribution in [-0.4, -0.2) is 23.6 Å². The summed E-state index contributed by atoms with van der Waals surface area (Å²) in [5.41, 5.74) is 7.76. The molecule has 22 heavy (non-hydrogen) atoms. The molecule has 6 heteroatoms. The van der Waals surface area contributed by atoms with E-state index in [1.54, 1.807) is 0 Å². The molecule has 0 saturated heterocycles. The zero-order chi connectivity index (χ0) is 15.9. The van der Waals surface area contributed by atoms with E-state index in [9.17, 15) is 0 Å². The molecule has 0 bridgehead atoms. The van der Waals surface area contributed by atoms with Gasteiger partial charge in [0.25, 0.3) is 0 Å². The van der Waals surface area contributed by atoms with Crippen molar-refractivity contribution in [3.8, 4) is 0 Å². The molecule has 2 aromatic rings. The highest BCUT2D eigenvalue weighted by Gasteiger charge is 2.12. The maximum atomic E-state index is 6.20. The first kappa shape index (κ1) is 16.4. The van der Waals surface area contributed by atoms with Crippen molar-refractivity contribution in [2.24, 2.45) is 0 Å². The van der Waals surface area contributed by atoms with Crippen LogP contribution in [0, 0.1) is 0 Å². The van der Waals surface area contributed by atoms with Gasteiger partial charge in [0.1, 0.15) is 12.0 Å². The van der Waals surface area contributed by atoms with Crippen LogP contribution in [0.15, 0.2) is 30.6 Å². The van der Waals surface area contributed by atoms with Gasteiger partial charge in [0.2, 0.25) is 0 Å². The van der Waals surface area contributed by atoms with Crippen LogP contribution < -0.4 is 16.0 Å². The molecule has 0 fully saturated rings. The number of halogens is 1. The number of anilines is 3. The smallest absolute Gasteiger partial charge is 0.157 e.